The van der Waals surface area contributed by atoms with Crippen LogP contribution < -0.4 is 4.74 Å². The van der Waals surface area contributed by atoms with Crippen molar-refractivity contribution < 1.29 is 26.9 Å². The summed E-state index contributed by atoms with van der Waals surface area (Å²) in [7, 11) is 11.4. The summed E-state index contributed by atoms with van der Waals surface area (Å²) in [5.41, 5.74) is 1.67. The van der Waals surface area contributed by atoms with Gasteiger partial charge in [-0.1, -0.05) is 41.5 Å². The van der Waals surface area contributed by atoms with Crippen molar-refractivity contribution >= 4 is 18.6 Å². The number of methoxy groups -OCH3 is 1. The fraction of sp³-hybridized carbons (Fsp3) is 0.450. The van der Waals surface area contributed by atoms with Gasteiger partial charge in [-0.25, -0.2) is 12.1 Å². The van der Waals surface area contributed by atoms with Gasteiger partial charge in [0.05, 0.1) is 7.11 Å². The number of phenolic OH excluding ortho intramolecular Hbond substituents is 1. The molecule has 25 heavy (non-hydrogen) atoms. The Morgan fingerprint density at radius 3 is 1.48 bits per heavy atom. The molecule has 0 bridgehead atoms. The van der Waals surface area contributed by atoms with Crippen molar-refractivity contribution in [2.45, 2.75) is 52.4 Å². The van der Waals surface area contributed by atoms with E-state index in [4.69, 9.17) is 23.3 Å². The Hall–Kier alpha value is -0.536. The Morgan fingerprint density at radius 1 is 0.920 bits per heavy atom. The predicted octanol–water partition coefficient (Wildman–Crippen LogP) is 6.78. The largest absolute Gasteiger partial charge is 0.214 e. The molecule has 0 saturated heterocycles. The molecule has 0 aliphatic heterocycles. The van der Waals surface area contributed by atoms with Crippen LogP contribution in [-0.4, -0.2) is 12.2 Å². The normalized spacial score (nSPS) is 10.8. The number of halogens is 2. The van der Waals surface area contributed by atoms with Crippen LogP contribution in [0.1, 0.15) is 52.7 Å². The minimum atomic E-state index is -0.556. The van der Waals surface area contributed by atoms with Gasteiger partial charge >= 0.3 is 35.6 Å². The summed E-state index contributed by atoms with van der Waals surface area (Å²) in [6.07, 6.45) is 0. The molecule has 0 unspecified atom stereocenters. The maximum Gasteiger partial charge on any atom is -0.172 e. The molecule has 0 amide bonds. The van der Waals surface area contributed by atoms with Crippen molar-refractivity contribution in [2.24, 2.45) is 0 Å². The summed E-state index contributed by atoms with van der Waals surface area (Å²) < 4.78 is 5.33. The number of hydrogen-bond acceptors (Lipinski definition) is 2. The van der Waals surface area contributed by atoms with Gasteiger partial charge in [-0.2, -0.15) is 18.2 Å². The molecule has 0 radical (unpaired) electrons. The van der Waals surface area contributed by atoms with Gasteiger partial charge in [0.25, 0.3) is 0 Å². The standard InChI is InChI=1S/C15H24O2.C5H5.2ClH.Ti/c1-14(2,3)11-8-10(17-7)9-12(13(11)16)15(4,5)6;1-2-4-5-3-1;;;/h8-9,16H,1-7H3;1-5H;2*1H;/q;-1;;;+2/p-2. The van der Waals surface area contributed by atoms with Gasteiger partial charge in [-0.3, -0.25) is 0 Å². The fourth-order valence-corrected chi connectivity index (χ4v) is 2.19. The van der Waals surface area contributed by atoms with E-state index in [-0.39, 0.29) is 10.8 Å². The molecule has 5 heteroatoms. The molecule has 0 spiro atoms. The average Bonchev–Trinajstić information content (AvgIpc) is 3.05. The number of phenols is 1. The minimum absolute atomic E-state index is 0.0986. The topological polar surface area (TPSA) is 29.5 Å². The first kappa shape index (κ1) is 24.5. The second-order valence-corrected chi connectivity index (χ2v) is 10.2. The zero-order chi connectivity index (χ0) is 19.7. The number of benzene rings is 1. The molecular weight excluding hydrogens is 391 g/mol. The van der Waals surface area contributed by atoms with E-state index in [9.17, 15) is 5.11 Å². The van der Waals surface area contributed by atoms with Crippen LogP contribution in [0.4, 0.5) is 0 Å². The Morgan fingerprint density at radius 2 is 1.28 bits per heavy atom. The number of rotatable bonds is 1. The molecule has 0 aliphatic rings. The molecule has 140 valence electrons. The van der Waals surface area contributed by atoms with Crippen LogP contribution in [0.5, 0.6) is 11.5 Å². The van der Waals surface area contributed by atoms with Crippen LogP contribution in [0.25, 0.3) is 0 Å². The van der Waals surface area contributed by atoms with Crippen LogP contribution >= 0.6 is 18.6 Å². The summed E-state index contributed by atoms with van der Waals surface area (Å²) in [6, 6.07) is 13.8. The third-order valence-corrected chi connectivity index (χ3v) is 3.49. The molecule has 0 atom stereocenters. The monoisotopic (exact) mass is 419 g/mol. The van der Waals surface area contributed by atoms with Gasteiger partial charge < -0.3 is 9.84 Å². The zero-order valence-electron chi connectivity index (χ0n) is 16.2. The van der Waals surface area contributed by atoms with E-state index in [1.165, 1.54) is 0 Å². The van der Waals surface area contributed by atoms with E-state index in [2.05, 4.69) is 41.5 Å². The first-order chi connectivity index (χ1) is 11.5. The Kier molecular flexibility index (Phi) is 11.0. The van der Waals surface area contributed by atoms with Gasteiger partial charge in [0.2, 0.25) is 0 Å². The maximum atomic E-state index is 10.4. The molecule has 2 aromatic rings. The van der Waals surface area contributed by atoms with E-state index in [1.807, 2.05) is 42.5 Å². The Bertz CT molecular complexity index is 545. The van der Waals surface area contributed by atoms with E-state index in [0.717, 1.165) is 16.9 Å². The molecule has 0 aromatic heterocycles. The molecule has 2 nitrogen and oxygen atoms in total. The third kappa shape index (κ3) is 9.10. The fourth-order valence-electron chi connectivity index (χ4n) is 2.19. The smallest absolute Gasteiger partial charge is 0.172 e. The van der Waals surface area contributed by atoms with Crippen LogP contribution in [0.3, 0.4) is 0 Å². The number of ether oxygens (including phenoxy) is 1. The first-order valence-corrected chi connectivity index (χ1v) is 12.3. The van der Waals surface area contributed by atoms with Crippen LogP contribution in [0.2, 0.25) is 0 Å². The summed E-state index contributed by atoms with van der Waals surface area (Å²) in [5.74, 6) is 1.20. The third-order valence-electron chi connectivity index (χ3n) is 3.49. The quantitative estimate of drug-likeness (QED) is 0.407. The Balaban J connectivity index is 0.000000592. The van der Waals surface area contributed by atoms with Crippen molar-refractivity contribution in [3.63, 3.8) is 0 Å². The number of hydrogen-bond donors (Lipinski definition) is 1. The van der Waals surface area contributed by atoms with Crippen molar-refractivity contribution in [2.75, 3.05) is 7.11 Å². The van der Waals surface area contributed by atoms with Gasteiger partial charge in [0, 0.05) is 11.1 Å². The molecule has 0 aliphatic carbocycles. The van der Waals surface area contributed by atoms with Gasteiger partial charge in [-0.15, -0.1) is 0 Å². The summed E-state index contributed by atoms with van der Waals surface area (Å²) >= 11 is -0.556. The van der Waals surface area contributed by atoms with Gasteiger partial charge in [0.1, 0.15) is 11.5 Å². The summed E-state index contributed by atoms with van der Waals surface area (Å²) in [6.45, 7) is 12.5. The van der Waals surface area contributed by atoms with Crippen LogP contribution in [-0.2, 0) is 27.9 Å². The van der Waals surface area contributed by atoms with Crippen molar-refractivity contribution in [1.29, 1.82) is 0 Å². The maximum absolute atomic E-state index is 10.4. The zero-order valence-corrected chi connectivity index (χ0v) is 19.2. The van der Waals surface area contributed by atoms with Crippen LogP contribution in [0, 0.1) is 0 Å². The van der Waals surface area contributed by atoms with E-state index in [0.29, 0.717) is 5.75 Å². The van der Waals surface area contributed by atoms with E-state index in [1.54, 1.807) is 7.11 Å². The minimum Gasteiger partial charge on any atom is -0.214 e. The van der Waals surface area contributed by atoms with Crippen LogP contribution in [0.15, 0.2) is 42.5 Å². The van der Waals surface area contributed by atoms with E-state index >= 15 is 0 Å². The first-order valence-electron chi connectivity index (χ1n) is 8.04. The average molecular weight is 420 g/mol. The van der Waals surface area contributed by atoms with Gasteiger partial charge in [-0.05, 0) is 23.0 Å². The second-order valence-electron chi connectivity index (χ2n) is 7.60. The van der Waals surface area contributed by atoms with Gasteiger partial charge in [0.15, 0.2) is 0 Å². The second kappa shape index (κ2) is 11.2. The van der Waals surface area contributed by atoms with Crippen molar-refractivity contribution in [3.05, 3.63) is 53.6 Å². The molecule has 1 N–H and O–H groups in total. The van der Waals surface area contributed by atoms with Crippen molar-refractivity contribution in [1.82, 2.24) is 0 Å². The Labute approximate surface area is 169 Å². The summed E-state index contributed by atoms with van der Waals surface area (Å²) in [5, 5.41) is 10.4. The molecule has 0 heterocycles. The molecule has 0 fully saturated rings. The molecule has 2 aromatic carbocycles. The molecular formula is C20H29Cl2O2Ti-. The van der Waals surface area contributed by atoms with E-state index < -0.39 is 17.0 Å². The van der Waals surface area contributed by atoms with Crippen molar-refractivity contribution in [3.8, 4) is 11.5 Å². The molecule has 0 saturated carbocycles. The SMILES string of the molecule is COc1cc(C(C)(C)C)c(O)c(C(C)(C)C)c1.[Cl][Ti][Cl].c1cc[cH-]c1. The number of aromatic hydroxyl groups is 1. The molecule has 2 rings (SSSR count). The predicted molar refractivity (Wildman–Crippen MR) is 106 cm³/mol. The summed E-state index contributed by atoms with van der Waals surface area (Å²) in [4.78, 5) is 0.